The number of morpholine rings is 1. The number of fused-ring (bicyclic) bond motifs is 1. The molecule has 2 aliphatic heterocycles. The van der Waals surface area contributed by atoms with Crippen LogP contribution in [0.3, 0.4) is 0 Å². The standard InChI is InChI=1S/C18H24N6O3/c1-18(2,3)12-10-26-13-15(24-4-6-25-7-5-24)22-14(23-16(13)27-12)11-8-20-17(19)21-9-11/h8-9,12H,4-7,10H2,1-3H3,(H2,19,20,21). The normalized spacial score (nSPS) is 19.8. The van der Waals surface area contributed by atoms with Crippen molar-refractivity contribution in [1.29, 1.82) is 0 Å². The van der Waals surface area contributed by atoms with E-state index < -0.39 is 0 Å². The number of rotatable bonds is 2. The fourth-order valence-corrected chi connectivity index (χ4v) is 2.95. The Kier molecular flexibility index (Phi) is 4.47. The van der Waals surface area contributed by atoms with Crippen LogP contribution in [0.4, 0.5) is 11.8 Å². The van der Waals surface area contributed by atoms with Crippen molar-refractivity contribution in [2.45, 2.75) is 26.9 Å². The summed E-state index contributed by atoms with van der Waals surface area (Å²) in [6.07, 6.45) is 3.11. The topological polar surface area (TPSA) is 109 Å². The minimum Gasteiger partial charge on any atom is -0.481 e. The van der Waals surface area contributed by atoms with E-state index in [1.54, 1.807) is 12.4 Å². The van der Waals surface area contributed by atoms with Gasteiger partial charge in [-0.2, -0.15) is 4.98 Å². The number of hydrogen-bond donors (Lipinski definition) is 1. The van der Waals surface area contributed by atoms with Gasteiger partial charge in [-0.25, -0.2) is 15.0 Å². The molecule has 0 amide bonds. The summed E-state index contributed by atoms with van der Waals surface area (Å²) in [5.74, 6) is 2.43. The van der Waals surface area contributed by atoms with E-state index in [0.717, 1.165) is 13.1 Å². The number of nitrogens with two attached hydrogens (primary N) is 1. The van der Waals surface area contributed by atoms with Crippen LogP contribution >= 0.6 is 0 Å². The van der Waals surface area contributed by atoms with Gasteiger partial charge in [0.15, 0.2) is 11.6 Å². The Morgan fingerprint density at radius 3 is 2.48 bits per heavy atom. The Bertz CT molecular complexity index is 815. The fourth-order valence-electron chi connectivity index (χ4n) is 2.95. The van der Waals surface area contributed by atoms with Gasteiger partial charge in [0.05, 0.1) is 18.8 Å². The van der Waals surface area contributed by atoms with E-state index in [0.29, 0.717) is 48.7 Å². The lowest BCUT2D eigenvalue weighted by Gasteiger charge is -2.36. The molecule has 0 saturated carbocycles. The van der Waals surface area contributed by atoms with E-state index in [1.165, 1.54) is 0 Å². The second-order valence-electron chi connectivity index (χ2n) is 7.72. The molecule has 4 heterocycles. The molecule has 2 N–H and O–H groups in total. The molecule has 1 saturated heterocycles. The first-order valence-electron chi connectivity index (χ1n) is 9.04. The minimum absolute atomic E-state index is 0.0771. The molecule has 0 aliphatic carbocycles. The van der Waals surface area contributed by atoms with Crippen LogP contribution in [0, 0.1) is 5.41 Å². The van der Waals surface area contributed by atoms with Crippen molar-refractivity contribution in [3.63, 3.8) is 0 Å². The number of aromatic nitrogens is 4. The van der Waals surface area contributed by atoms with Crippen molar-refractivity contribution in [1.82, 2.24) is 19.9 Å². The number of ether oxygens (including phenoxy) is 3. The third kappa shape index (κ3) is 3.59. The molecular weight excluding hydrogens is 348 g/mol. The van der Waals surface area contributed by atoms with Crippen molar-refractivity contribution in [2.24, 2.45) is 5.41 Å². The van der Waals surface area contributed by atoms with E-state index >= 15 is 0 Å². The Morgan fingerprint density at radius 1 is 1.11 bits per heavy atom. The maximum absolute atomic E-state index is 6.21. The van der Waals surface area contributed by atoms with Gasteiger partial charge in [-0.3, -0.25) is 0 Å². The van der Waals surface area contributed by atoms with Crippen LogP contribution in [0.2, 0.25) is 0 Å². The summed E-state index contributed by atoms with van der Waals surface area (Å²) < 4.78 is 17.8. The predicted octanol–water partition coefficient (Wildman–Crippen LogP) is 1.54. The molecule has 2 aliphatic rings. The lowest BCUT2D eigenvalue weighted by molar-refractivity contribution is 0.0118. The number of nitrogens with zero attached hydrogens (tertiary/aromatic N) is 5. The molecule has 1 fully saturated rings. The molecule has 1 unspecified atom stereocenters. The fraction of sp³-hybridized carbons (Fsp3) is 0.556. The van der Waals surface area contributed by atoms with Crippen molar-refractivity contribution in [3.8, 4) is 23.0 Å². The summed E-state index contributed by atoms with van der Waals surface area (Å²) in [7, 11) is 0. The van der Waals surface area contributed by atoms with E-state index in [-0.39, 0.29) is 17.5 Å². The van der Waals surface area contributed by atoms with Gasteiger partial charge in [0.1, 0.15) is 12.7 Å². The number of anilines is 2. The molecular formula is C18H24N6O3. The maximum Gasteiger partial charge on any atom is 0.263 e. The van der Waals surface area contributed by atoms with Gasteiger partial charge in [-0.15, -0.1) is 0 Å². The zero-order chi connectivity index (χ0) is 19.0. The Hall–Kier alpha value is -2.68. The molecule has 0 radical (unpaired) electrons. The van der Waals surface area contributed by atoms with Crippen molar-refractivity contribution in [3.05, 3.63) is 12.4 Å². The van der Waals surface area contributed by atoms with Crippen molar-refractivity contribution < 1.29 is 14.2 Å². The smallest absolute Gasteiger partial charge is 0.263 e. The summed E-state index contributed by atoms with van der Waals surface area (Å²) in [4.78, 5) is 19.5. The molecule has 0 aromatic carbocycles. The maximum atomic E-state index is 6.21. The van der Waals surface area contributed by atoms with Crippen LogP contribution in [-0.2, 0) is 4.74 Å². The van der Waals surface area contributed by atoms with Gasteiger partial charge in [-0.1, -0.05) is 20.8 Å². The summed E-state index contributed by atoms with van der Waals surface area (Å²) >= 11 is 0. The van der Waals surface area contributed by atoms with Gasteiger partial charge < -0.3 is 24.8 Å². The third-order valence-electron chi connectivity index (χ3n) is 4.66. The lowest BCUT2D eigenvalue weighted by atomic mass is 9.89. The van der Waals surface area contributed by atoms with Crippen LogP contribution in [-0.4, -0.2) is 59.0 Å². The molecule has 0 spiro atoms. The zero-order valence-electron chi connectivity index (χ0n) is 15.8. The van der Waals surface area contributed by atoms with Crippen LogP contribution in [0.15, 0.2) is 12.4 Å². The molecule has 4 rings (SSSR count). The molecule has 27 heavy (non-hydrogen) atoms. The van der Waals surface area contributed by atoms with Crippen LogP contribution < -0.4 is 20.1 Å². The molecule has 1 atom stereocenters. The van der Waals surface area contributed by atoms with Crippen LogP contribution in [0.25, 0.3) is 11.4 Å². The van der Waals surface area contributed by atoms with Crippen molar-refractivity contribution in [2.75, 3.05) is 43.5 Å². The average Bonchev–Trinajstić information content (AvgIpc) is 2.67. The zero-order valence-corrected chi connectivity index (χ0v) is 15.8. The minimum atomic E-state index is -0.104. The van der Waals surface area contributed by atoms with Gasteiger partial charge in [0, 0.05) is 30.9 Å². The highest BCUT2D eigenvalue weighted by Gasteiger charge is 2.35. The highest BCUT2D eigenvalue weighted by molar-refractivity contribution is 5.65. The molecule has 2 aromatic rings. The Labute approximate surface area is 157 Å². The van der Waals surface area contributed by atoms with E-state index in [1.807, 2.05) is 0 Å². The van der Waals surface area contributed by atoms with E-state index in [9.17, 15) is 0 Å². The third-order valence-corrected chi connectivity index (χ3v) is 4.66. The molecule has 9 heteroatoms. The monoisotopic (exact) mass is 372 g/mol. The first-order valence-corrected chi connectivity index (χ1v) is 9.04. The molecule has 9 nitrogen and oxygen atoms in total. The van der Waals surface area contributed by atoms with Gasteiger partial charge in [0.25, 0.3) is 5.88 Å². The highest BCUT2D eigenvalue weighted by atomic mass is 16.6. The molecule has 144 valence electrons. The lowest BCUT2D eigenvalue weighted by Crippen LogP contribution is -2.42. The van der Waals surface area contributed by atoms with Crippen molar-refractivity contribution >= 4 is 11.8 Å². The Balaban J connectivity index is 1.78. The highest BCUT2D eigenvalue weighted by Crippen LogP contribution is 2.42. The second-order valence-corrected chi connectivity index (χ2v) is 7.72. The molecule has 2 aromatic heterocycles. The summed E-state index contributed by atoms with van der Waals surface area (Å²) in [5, 5.41) is 0. The quantitative estimate of drug-likeness (QED) is 0.839. The number of hydrogen-bond acceptors (Lipinski definition) is 9. The summed E-state index contributed by atoms with van der Waals surface area (Å²) in [6, 6.07) is 0. The van der Waals surface area contributed by atoms with E-state index in [2.05, 4.69) is 40.6 Å². The van der Waals surface area contributed by atoms with E-state index in [4.69, 9.17) is 24.9 Å². The van der Waals surface area contributed by atoms with Gasteiger partial charge in [0.2, 0.25) is 11.7 Å². The largest absolute Gasteiger partial charge is 0.481 e. The van der Waals surface area contributed by atoms with Gasteiger partial charge in [-0.05, 0) is 0 Å². The predicted molar refractivity (Wildman–Crippen MR) is 99.9 cm³/mol. The van der Waals surface area contributed by atoms with Crippen LogP contribution in [0.1, 0.15) is 20.8 Å². The second kappa shape index (κ2) is 6.80. The number of nitrogen functional groups attached to an aromatic ring is 1. The molecule has 0 bridgehead atoms. The van der Waals surface area contributed by atoms with Crippen LogP contribution in [0.5, 0.6) is 11.6 Å². The average molecular weight is 372 g/mol. The first kappa shape index (κ1) is 17.7. The van der Waals surface area contributed by atoms with Gasteiger partial charge >= 0.3 is 0 Å². The summed E-state index contributed by atoms with van der Waals surface area (Å²) in [6.45, 7) is 9.55. The Morgan fingerprint density at radius 2 is 1.81 bits per heavy atom. The first-order chi connectivity index (χ1) is 12.9. The SMILES string of the molecule is CC(C)(C)C1COc2c(nc(-c3cnc(N)nc3)nc2N2CCOCC2)O1. The summed E-state index contributed by atoms with van der Waals surface area (Å²) in [5.41, 5.74) is 6.19.